The molecule has 1 aromatic carbocycles. The summed E-state index contributed by atoms with van der Waals surface area (Å²) in [6.45, 7) is 0. The first-order valence-electron chi connectivity index (χ1n) is 5.31. The lowest BCUT2D eigenvalue weighted by Gasteiger charge is -2.14. The van der Waals surface area contributed by atoms with Crippen LogP contribution in [0.4, 0.5) is 4.39 Å². The minimum absolute atomic E-state index is 0.0361. The van der Waals surface area contributed by atoms with E-state index in [0.29, 0.717) is 28.6 Å². The van der Waals surface area contributed by atoms with Gasteiger partial charge in [0.05, 0.1) is 14.2 Å². The summed E-state index contributed by atoms with van der Waals surface area (Å²) in [5, 5.41) is 8.57. The number of methoxy groups -OCH3 is 2. The van der Waals surface area contributed by atoms with Crippen LogP contribution in [0.5, 0.6) is 11.5 Å². The summed E-state index contributed by atoms with van der Waals surface area (Å²) in [6.07, 6.45) is 0.882. The van der Waals surface area contributed by atoms with Gasteiger partial charge < -0.3 is 14.6 Å². The summed E-state index contributed by atoms with van der Waals surface area (Å²) < 4.78 is 24.2. The molecule has 0 heterocycles. The molecule has 100 valence electrons. The molecule has 0 saturated carbocycles. The normalized spacial score (nSPS) is 10.2. The molecular formula is C12H14BrFO4. The van der Waals surface area contributed by atoms with Crippen molar-refractivity contribution in [3.8, 4) is 11.5 Å². The second kappa shape index (κ2) is 6.58. The van der Waals surface area contributed by atoms with Crippen molar-refractivity contribution in [1.82, 2.24) is 0 Å². The molecule has 0 amide bonds. The number of carbonyl (C=O) groups is 1. The number of rotatable bonds is 6. The molecule has 1 aromatic rings. The van der Waals surface area contributed by atoms with Crippen LogP contribution in [0.3, 0.4) is 0 Å². The van der Waals surface area contributed by atoms with Gasteiger partial charge in [-0.1, -0.05) is 0 Å². The zero-order valence-corrected chi connectivity index (χ0v) is 11.7. The average Bonchev–Trinajstić information content (AvgIpc) is 2.29. The first kappa shape index (κ1) is 14.8. The lowest BCUT2D eigenvalue weighted by molar-refractivity contribution is -0.137. The van der Waals surface area contributed by atoms with E-state index in [0.717, 1.165) is 0 Å². The van der Waals surface area contributed by atoms with Crippen LogP contribution in [0, 0.1) is 5.82 Å². The van der Waals surface area contributed by atoms with Crippen LogP contribution in [-0.4, -0.2) is 25.3 Å². The van der Waals surface area contributed by atoms with E-state index >= 15 is 0 Å². The number of ether oxygens (including phenoxy) is 2. The number of aryl methyl sites for hydroxylation is 1. The van der Waals surface area contributed by atoms with Crippen molar-refractivity contribution < 1.29 is 23.8 Å². The molecular weight excluding hydrogens is 307 g/mol. The predicted molar refractivity (Wildman–Crippen MR) is 67.8 cm³/mol. The van der Waals surface area contributed by atoms with Crippen molar-refractivity contribution in [2.75, 3.05) is 14.2 Å². The first-order chi connectivity index (χ1) is 8.51. The molecule has 0 spiro atoms. The molecule has 1 N–H and O–H groups in total. The van der Waals surface area contributed by atoms with Gasteiger partial charge in [0.2, 0.25) is 0 Å². The molecule has 0 radical (unpaired) electrons. The Morgan fingerprint density at radius 3 is 2.50 bits per heavy atom. The van der Waals surface area contributed by atoms with Crippen LogP contribution < -0.4 is 9.47 Å². The lowest BCUT2D eigenvalue weighted by Crippen LogP contribution is -2.01. The maximum Gasteiger partial charge on any atom is 0.303 e. The number of carboxylic acid groups (broad SMARTS) is 1. The van der Waals surface area contributed by atoms with E-state index in [1.807, 2.05) is 0 Å². The molecule has 18 heavy (non-hydrogen) atoms. The van der Waals surface area contributed by atoms with Gasteiger partial charge in [0.1, 0.15) is 10.2 Å². The van der Waals surface area contributed by atoms with Crippen molar-refractivity contribution in [1.29, 1.82) is 0 Å². The van der Waals surface area contributed by atoms with Crippen molar-refractivity contribution >= 4 is 21.9 Å². The zero-order valence-electron chi connectivity index (χ0n) is 10.1. The molecule has 6 heteroatoms. The van der Waals surface area contributed by atoms with Crippen molar-refractivity contribution in [2.45, 2.75) is 19.3 Å². The standard InChI is InChI=1S/C12H14BrFO4/c1-17-11-7(4-3-5-9(15)16)6-8(14)12(18-2)10(11)13/h6H,3-5H2,1-2H3,(H,15,16). The number of hydrogen-bond donors (Lipinski definition) is 1. The van der Waals surface area contributed by atoms with Gasteiger partial charge >= 0.3 is 5.97 Å². The fourth-order valence-corrected chi connectivity index (χ4v) is 2.42. The van der Waals surface area contributed by atoms with Crippen LogP contribution in [0.25, 0.3) is 0 Å². The first-order valence-corrected chi connectivity index (χ1v) is 6.11. The number of hydrogen-bond acceptors (Lipinski definition) is 3. The van der Waals surface area contributed by atoms with Gasteiger partial charge in [-0.25, -0.2) is 4.39 Å². The van der Waals surface area contributed by atoms with Crippen LogP contribution in [0.15, 0.2) is 10.5 Å². The predicted octanol–water partition coefficient (Wildman–Crippen LogP) is 3.01. The lowest BCUT2D eigenvalue weighted by atomic mass is 10.1. The summed E-state index contributed by atoms with van der Waals surface area (Å²) in [4.78, 5) is 10.4. The maximum atomic E-state index is 13.7. The molecule has 0 aliphatic carbocycles. The summed E-state index contributed by atoms with van der Waals surface area (Å²) in [5.41, 5.74) is 0.615. The highest BCUT2D eigenvalue weighted by molar-refractivity contribution is 9.10. The van der Waals surface area contributed by atoms with Gasteiger partial charge in [0.25, 0.3) is 0 Å². The number of aliphatic carboxylic acids is 1. The van der Waals surface area contributed by atoms with E-state index in [2.05, 4.69) is 15.9 Å². The summed E-state index contributed by atoms with van der Waals surface area (Å²) >= 11 is 3.22. The monoisotopic (exact) mass is 320 g/mol. The van der Waals surface area contributed by atoms with E-state index in [-0.39, 0.29) is 12.2 Å². The topological polar surface area (TPSA) is 55.8 Å². The summed E-state index contributed by atoms with van der Waals surface area (Å²) in [6, 6.07) is 1.31. The number of benzene rings is 1. The van der Waals surface area contributed by atoms with E-state index in [1.165, 1.54) is 20.3 Å². The number of halogens is 2. The van der Waals surface area contributed by atoms with Gasteiger partial charge in [0.15, 0.2) is 11.6 Å². The van der Waals surface area contributed by atoms with Crippen LogP contribution >= 0.6 is 15.9 Å². The Labute approximate surface area is 113 Å². The Morgan fingerprint density at radius 1 is 1.39 bits per heavy atom. The maximum absolute atomic E-state index is 13.7. The third-order valence-corrected chi connectivity index (χ3v) is 3.17. The summed E-state index contributed by atoms with van der Waals surface area (Å²) in [7, 11) is 2.84. The van der Waals surface area contributed by atoms with Crippen LogP contribution in [-0.2, 0) is 11.2 Å². The van der Waals surface area contributed by atoms with Crippen molar-refractivity contribution in [2.24, 2.45) is 0 Å². The SMILES string of the molecule is COc1c(F)cc(CCCC(=O)O)c(OC)c1Br. The quantitative estimate of drug-likeness (QED) is 0.875. The van der Waals surface area contributed by atoms with Gasteiger partial charge in [-0.3, -0.25) is 4.79 Å². The van der Waals surface area contributed by atoms with E-state index in [4.69, 9.17) is 14.6 Å². The second-order valence-corrected chi connectivity index (χ2v) is 4.44. The van der Waals surface area contributed by atoms with E-state index in [9.17, 15) is 9.18 Å². The highest BCUT2D eigenvalue weighted by Crippen LogP contribution is 2.39. The van der Waals surface area contributed by atoms with Gasteiger partial charge in [-0.2, -0.15) is 0 Å². The fourth-order valence-electron chi connectivity index (χ4n) is 1.66. The molecule has 0 fully saturated rings. The van der Waals surface area contributed by atoms with Gasteiger partial charge in [-0.15, -0.1) is 0 Å². The average molecular weight is 321 g/mol. The third kappa shape index (κ3) is 3.35. The molecule has 0 aliphatic rings. The fraction of sp³-hybridized carbons (Fsp3) is 0.417. The Morgan fingerprint density at radius 2 is 2.00 bits per heavy atom. The largest absolute Gasteiger partial charge is 0.495 e. The Balaban J connectivity index is 3.00. The zero-order chi connectivity index (χ0) is 13.7. The molecule has 0 aromatic heterocycles. The molecule has 0 atom stereocenters. The Bertz CT molecular complexity index is 448. The van der Waals surface area contributed by atoms with Crippen molar-refractivity contribution in [3.63, 3.8) is 0 Å². The third-order valence-electron chi connectivity index (χ3n) is 2.45. The highest BCUT2D eigenvalue weighted by atomic mass is 79.9. The minimum Gasteiger partial charge on any atom is -0.495 e. The highest BCUT2D eigenvalue weighted by Gasteiger charge is 2.17. The molecule has 0 bridgehead atoms. The molecule has 4 nitrogen and oxygen atoms in total. The molecule has 0 aliphatic heterocycles. The van der Waals surface area contributed by atoms with Crippen LogP contribution in [0.2, 0.25) is 0 Å². The smallest absolute Gasteiger partial charge is 0.303 e. The van der Waals surface area contributed by atoms with E-state index in [1.54, 1.807) is 0 Å². The minimum atomic E-state index is -0.873. The Hall–Kier alpha value is -1.30. The Kier molecular flexibility index (Phi) is 5.40. The number of carboxylic acids is 1. The molecule has 1 rings (SSSR count). The second-order valence-electron chi connectivity index (χ2n) is 3.65. The van der Waals surface area contributed by atoms with Crippen molar-refractivity contribution in [3.05, 3.63) is 21.9 Å². The molecule has 0 unspecified atom stereocenters. The van der Waals surface area contributed by atoms with Crippen LogP contribution in [0.1, 0.15) is 18.4 Å². The van der Waals surface area contributed by atoms with Gasteiger partial charge in [0, 0.05) is 6.42 Å². The van der Waals surface area contributed by atoms with Gasteiger partial charge in [-0.05, 0) is 40.4 Å². The molecule has 0 saturated heterocycles. The summed E-state index contributed by atoms with van der Waals surface area (Å²) in [5.74, 6) is -0.829. The van der Waals surface area contributed by atoms with E-state index < -0.39 is 11.8 Å².